The summed E-state index contributed by atoms with van der Waals surface area (Å²) < 4.78 is 3.30. The first kappa shape index (κ1) is 25.4. The van der Waals surface area contributed by atoms with Crippen molar-refractivity contribution in [2.24, 2.45) is 0 Å². The normalized spacial score (nSPS) is 13.2. The fourth-order valence-corrected chi connectivity index (χ4v) is 4.50. The Morgan fingerprint density at radius 2 is 1.90 bits per heavy atom. The number of nitrogens with zero attached hydrogens (tertiary/aromatic N) is 10. The Morgan fingerprint density at radius 3 is 2.56 bits per heavy atom. The number of amides is 2. The first-order chi connectivity index (χ1) is 18.9. The minimum atomic E-state index is -0.293. The number of aromatic nitrogens is 6. The van der Waals surface area contributed by atoms with Crippen molar-refractivity contribution in [2.45, 2.75) is 13.0 Å². The predicted molar refractivity (Wildman–Crippen MR) is 143 cm³/mol. The maximum absolute atomic E-state index is 11.9. The lowest BCUT2D eigenvalue weighted by atomic mass is 10.0. The van der Waals surface area contributed by atoms with Crippen LogP contribution in [0.5, 0.6) is 0 Å². The molecule has 1 saturated heterocycles. The number of aryl methyl sites for hydroxylation is 1. The highest BCUT2D eigenvalue weighted by molar-refractivity contribution is 5.93. The molecule has 2 amide bonds. The van der Waals surface area contributed by atoms with Crippen LogP contribution in [0.1, 0.15) is 12.0 Å². The van der Waals surface area contributed by atoms with E-state index >= 15 is 0 Å². The first-order valence-corrected chi connectivity index (χ1v) is 12.4. The van der Waals surface area contributed by atoms with Crippen molar-refractivity contribution in [1.82, 2.24) is 39.4 Å². The highest BCUT2D eigenvalue weighted by Gasteiger charge is 2.21. The van der Waals surface area contributed by atoms with Gasteiger partial charge in [0.05, 0.1) is 30.0 Å². The average molecular weight is 523 g/mol. The molecule has 5 rings (SSSR count). The number of hydrogen-bond acceptors (Lipinski definition) is 8. The monoisotopic (exact) mass is 522 g/mol. The summed E-state index contributed by atoms with van der Waals surface area (Å²) >= 11 is 0. The van der Waals surface area contributed by atoms with Gasteiger partial charge in [-0.05, 0) is 24.1 Å². The molecular weight excluding hydrogens is 496 g/mol. The number of nitriles is 1. The van der Waals surface area contributed by atoms with Crippen LogP contribution in [0.25, 0.3) is 27.9 Å². The van der Waals surface area contributed by atoms with Gasteiger partial charge in [0.15, 0.2) is 0 Å². The lowest BCUT2D eigenvalue weighted by molar-refractivity contribution is -0.129. The lowest BCUT2D eigenvalue weighted by Gasteiger charge is -2.34. The third-order valence-corrected chi connectivity index (χ3v) is 6.69. The van der Waals surface area contributed by atoms with Crippen molar-refractivity contribution in [3.63, 3.8) is 0 Å². The molecule has 0 saturated carbocycles. The van der Waals surface area contributed by atoms with E-state index in [1.807, 2.05) is 18.2 Å². The molecule has 12 heteroatoms. The maximum atomic E-state index is 11.9. The molecule has 0 unspecified atom stereocenters. The third kappa shape index (κ3) is 5.13. The van der Waals surface area contributed by atoms with Crippen molar-refractivity contribution in [1.29, 1.82) is 5.26 Å². The van der Waals surface area contributed by atoms with Crippen LogP contribution < -0.4 is 4.90 Å². The summed E-state index contributed by atoms with van der Waals surface area (Å²) in [4.78, 5) is 33.7. The molecule has 4 aromatic heterocycles. The quantitative estimate of drug-likeness (QED) is 0.347. The third-order valence-electron chi connectivity index (χ3n) is 6.69. The zero-order chi connectivity index (χ0) is 27.5. The fourth-order valence-electron chi connectivity index (χ4n) is 4.50. The van der Waals surface area contributed by atoms with Crippen molar-refractivity contribution in [2.75, 3.05) is 45.2 Å². The molecule has 196 valence electrons. The Labute approximate surface area is 225 Å². The van der Waals surface area contributed by atoms with Crippen LogP contribution in [0, 0.1) is 23.7 Å². The molecule has 1 aliphatic rings. The van der Waals surface area contributed by atoms with E-state index in [-0.39, 0.29) is 11.8 Å². The number of piperazine rings is 1. The summed E-state index contributed by atoms with van der Waals surface area (Å²) in [6.07, 6.45) is 12.4. The van der Waals surface area contributed by atoms with Crippen molar-refractivity contribution < 1.29 is 9.59 Å². The van der Waals surface area contributed by atoms with Gasteiger partial charge in [-0.3, -0.25) is 14.3 Å². The summed E-state index contributed by atoms with van der Waals surface area (Å²) in [6, 6.07) is 8.04. The molecule has 4 aromatic rings. The Balaban J connectivity index is 1.43. The molecule has 0 spiro atoms. The number of anilines is 1. The number of hydrogen-bond donors (Lipinski definition) is 0. The predicted octanol–water partition coefficient (Wildman–Crippen LogP) is 1.29. The largest absolute Gasteiger partial charge is 0.353 e. The van der Waals surface area contributed by atoms with Gasteiger partial charge in [0.1, 0.15) is 17.6 Å². The molecule has 0 aromatic carbocycles. The van der Waals surface area contributed by atoms with Gasteiger partial charge in [0.25, 0.3) is 5.91 Å². The fraction of sp³-hybridized carbons (Fsp3) is 0.296. The topological polar surface area (TPSA) is 129 Å². The molecule has 0 bridgehead atoms. The van der Waals surface area contributed by atoms with Crippen LogP contribution in [0.15, 0.2) is 43.0 Å². The molecule has 0 radical (unpaired) electrons. The second kappa shape index (κ2) is 10.6. The summed E-state index contributed by atoms with van der Waals surface area (Å²) in [7, 11) is 3.44. The van der Waals surface area contributed by atoms with Gasteiger partial charge in [0.2, 0.25) is 5.91 Å². The van der Waals surface area contributed by atoms with E-state index in [9.17, 15) is 14.9 Å². The van der Waals surface area contributed by atoms with Crippen LogP contribution in [-0.2, 0) is 16.1 Å². The highest BCUT2D eigenvalue weighted by atomic mass is 16.2. The van der Waals surface area contributed by atoms with E-state index in [0.717, 1.165) is 22.5 Å². The Bertz CT molecular complexity index is 1610. The van der Waals surface area contributed by atoms with E-state index in [4.69, 9.17) is 6.42 Å². The second-order valence-electron chi connectivity index (χ2n) is 9.34. The number of fused-ring (bicyclic) bond motifs is 1. The van der Waals surface area contributed by atoms with E-state index in [1.165, 1.54) is 6.20 Å². The molecule has 39 heavy (non-hydrogen) atoms. The van der Waals surface area contributed by atoms with Gasteiger partial charge >= 0.3 is 0 Å². The first-order valence-electron chi connectivity index (χ1n) is 12.4. The second-order valence-corrected chi connectivity index (χ2v) is 9.34. The molecule has 12 nitrogen and oxygen atoms in total. The van der Waals surface area contributed by atoms with Gasteiger partial charge in [-0.25, -0.2) is 9.50 Å². The van der Waals surface area contributed by atoms with Gasteiger partial charge in [-0.1, -0.05) is 5.21 Å². The van der Waals surface area contributed by atoms with Crippen LogP contribution in [0.2, 0.25) is 0 Å². The minimum absolute atomic E-state index is 0.00946. The molecular formula is C27H26N10O2. The van der Waals surface area contributed by atoms with Crippen LogP contribution in [-0.4, -0.2) is 91.5 Å². The van der Waals surface area contributed by atoms with E-state index in [0.29, 0.717) is 55.9 Å². The van der Waals surface area contributed by atoms with Crippen molar-refractivity contribution in [3.8, 4) is 40.8 Å². The molecule has 5 heterocycles. The van der Waals surface area contributed by atoms with Crippen LogP contribution in [0.3, 0.4) is 0 Å². The zero-order valence-electron chi connectivity index (χ0n) is 21.7. The van der Waals surface area contributed by atoms with Crippen molar-refractivity contribution in [3.05, 3.63) is 48.5 Å². The molecule has 0 atom stereocenters. The summed E-state index contributed by atoms with van der Waals surface area (Å²) in [6.45, 7) is 2.77. The smallest absolute Gasteiger partial charge is 0.298 e. The Morgan fingerprint density at radius 1 is 1.10 bits per heavy atom. The summed E-state index contributed by atoms with van der Waals surface area (Å²) in [5, 5.41) is 22.5. The van der Waals surface area contributed by atoms with Gasteiger partial charge < -0.3 is 14.7 Å². The number of pyridine rings is 2. The number of carbonyl (C=O) groups excluding carboxylic acids is 2. The Hall–Kier alpha value is -5.23. The molecule has 1 aliphatic heterocycles. The van der Waals surface area contributed by atoms with Gasteiger partial charge in [-0.15, -0.1) is 11.5 Å². The maximum Gasteiger partial charge on any atom is 0.298 e. The van der Waals surface area contributed by atoms with Crippen LogP contribution in [0.4, 0.5) is 5.82 Å². The van der Waals surface area contributed by atoms with Gasteiger partial charge in [0, 0.05) is 75.8 Å². The number of rotatable bonds is 6. The number of terminal acetylenes is 1. The molecule has 1 fully saturated rings. The summed E-state index contributed by atoms with van der Waals surface area (Å²) in [5.74, 6) is 2.68. The average Bonchev–Trinajstić information content (AvgIpc) is 3.62. The zero-order valence-corrected chi connectivity index (χ0v) is 21.7. The lowest BCUT2D eigenvalue weighted by Crippen LogP contribution is -2.48. The SMILES string of the molecule is C#CC(=O)N1CCN(c2ccc(-c3cc(-c4cn(CCC(=O)N(C)C)nn4)cn4ncc(C#N)c34)cn2)CC1. The molecule has 0 N–H and O–H groups in total. The van der Waals surface area contributed by atoms with E-state index in [1.54, 1.807) is 51.7 Å². The summed E-state index contributed by atoms with van der Waals surface area (Å²) in [5.41, 5.74) is 4.08. The van der Waals surface area contributed by atoms with Crippen molar-refractivity contribution >= 4 is 23.1 Å². The highest BCUT2D eigenvalue weighted by Crippen LogP contribution is 2.32. The standard InChI is InChI=1S/C27H26N10O2/c1-4-25(38)35-11-9-34(10-12-35)24-6-5-19(15-29-24)22-13-20(17-37-27(22)21(14-28)16-30-37)23-18-36(32-31-23)8-7-26(39)33(2)3/h1,5-6,13,15-18H,7-12H2,2-3H3. The Kier molecular flexibility index (Phi) is 6.93. The van der Waals surface area contributed by atoms with E-state index < -0.39 is 0 Å². The van der Waals surface area contributed by atoms with Gasteiger partial charge in [-0.2, -0.15) is 10.4 Å². The number of carbonyl (C=O) groups is 2. The van der Waals surface area contributed by atoms with Crippen LogP contribution >= 0.6 is 0 Å². The minimum Gasteiger partial charge on any atom is -0.353 e. The molecule has 0 aliphatic carbocycles. The van der Waals surface area contributed by atoms with E-state index in [2.05, 4.69) is 37.3 Å².